The van der Waals surface area contributed by atoms with Gasteiger partial charge in [-0.1, -0.05) is 58.0 Å². The van der Waals surface area contributed by atoms with Gasteiger partial charge in [0.25, 0.3) is 5.91 Å². The normalized spacial score (nSPS) is 11.3. The molecule has 6 heteroatoms. The zero-order valence-corrected chi connectivity index (χ0v) is 19.0. The largest absolute Gasteiger partial charge is 0.303 e. The Balaban J connectivity index is 2.87. The van der Waals surface area contributed by atoms with Crippen LogP contribution in [0, 0.1) is 0 Å². The maximum absolute atomic E-state index is 11.2. The summed E-state index contributed by atoms with van der Waals surface area (Å²) in [6.07, 6.45) is 8.37. The van der Waals surface area contributed by atoms with E-state index in [1.54, 1.807) is 11.6 Å². The Morgan fingerprint density at radius 2 is 2.00 bits per heavy atom. The molecule has 0 aliphatic carbocycles. The maximum atomic E-state index is 11.2. The van der Waals surface area contributed by atoms with Crippen LogP contribution in [0.25, 0.3) is 6.08 Å². The van der Waals surface area contributed by atoms with Crippen molar-refractivity contribution in [3.63, 3.8) is 0 Å². The minimum atomic E-state index is -0.533. The minimum absolute atomic E-state index is 0.533. The van der Waals surface area contributed by atoms with Crippen molar-refractivity contribution in [3.05, 3.63) is 35.4 Å². The van der Waals surface area contributed by atoms with Gasteiger partial charge >= 0.3 is 0 Å². The van der Waals surface area contributed by atoms with Gasteiger partial charge in [0.15, 0.2) is 0 Å². The first-order valence-electron chi connectivity index (χ1n) is 10.2. The first-order valence-corrected chi connectivity index (χ1v) is 11.5. The lowest BCUT2D eigenvalue weighted by atomic mass is 10.0. The van der Waals surface area contributed by atoms with Gasteiger partial charge in [-0.25, -0.2) is 5.48 Å². The maximum Gasteiger partial charge on any atom is 0.267 e. The number of carbonyl (C=O) groups is 1. The molecule has 0 spiro atoms. The Labute approximate surface area is 179 Å². The quantitative estimate of drug-likeness (QED) is 0.109. The predicted octanol–water partition coefficient (Wildman–Crippen LogP) is 5.13. The van der Waals surface area contributed by atoms with E-state index in [1.807, 2.05) is 17.8 Å². The van der Waals surface area contributed by atoms with E-state index in [0.29, 0.717) is 0 Å². The van der Waals surface area contributed by atoms with Crippen LogP contribution in [-0.4, -0.2) is 46.3 Å². The molecule has 1 aromatic carbocycles. The molecule has 0 aliphatic rings. The van der Waals surface area contributed by atoms with E-state index in [4.69, 9.17) is 17.4 Å². The summed E-state index contributed by atoms with van der Waals surface area (Å²) in [4.78, 5) is 16.0. The standard InChI is InChI=1S/C22H34N2O2S2/c1-4-7-8-9-20(27)17-19-16-18(11-13-22(25)23-26)10-12-21(19)28-15-14-24(5-2)6-3/h10-13,16,26H,4-9,14-15,17H2,1-3H3,(H,23,25)/b13-11+. The number of nitrogens with one attached hydrogen (secondary N) is 1. The van der Waals surface area contributed by atoms with Crippen molar-refractivity contribution in [3.8, 4) is 0 Å². The van der Waals surface area contributed by atoms with Gasteiger partial charge in [0.1, 0.15) is 0 Å². The molecule has 2 N–H and O–H groups in total. The van der Waals surface area contributed by atoms with Crippen LogP contribution in [0.5, 0.6) is 0 Å². The lowest BCUT2D eigenvalue weighted by Gasteiger charge is -2.18. The molecular weight excluding hydrogens is 388 g/mol. The number of thioether (sulfide) groups is 1. The number of amides is 1. The summed E-state index contributed by atoms with van der Waals surface area (Å²) in [6, 6.07) is 6.23. The second kappa shape index (κ2) is 14.7. The van der Waals surface area contributed by atoms with Crippen molar-refractivity contribution in [1.29, 1.82) is 0 Å². The molecule has 4 nitrogen and oxygen atoms in total. The highest BCUT2D eigenvalue weighted by Crippen LogP contribution is 2.26. The molecule has 0 saturated carbocycles. The number of benzene rings is 1. The molecule has 0 atom stereocenters. The molecule has 0 radical (unpaired) electrons. The van der Waals surface area contributed by atoms with Crippen molar-refractivity contribution in [2.75, 3.05) is 25.4 Å². The number of nitrogens with zero attached hydrogens (tertiary/aromatic N) is 1. The fraction of sp³-hybridized carbons (Fsp3) is 0.545. The van der Waals surface area contributed by atoms with Crippen LogP contribution in [-0.2, 0) is 11.2 Å². The number of hydroxylamine groups is 1. The van der Waals surface area contributed by atoms with Gasteiger partial charge < -0.3 is 4.90 Å². The lowest BCUT2D eigenvalue weighted by Crippen LogP contribution is -2.25. The molecular formula is C22H34N2O2S2. The zero-order valence-electron chi connectivity index (χ0n) is 17.4. The third-order valence-electron chi connectivity index (χ3n) is 4.63. The van der Waals surface area contributed by atoms with E-state index in [9.17, 15) is 4.79 Å². The molecule has 0 unspecified atom stereocenters. The molecule has 1 rings (SSSR count). The monoisotopic (exact) mass is 422 g/mol. The van der Waals surface area contributed by atoms with E-state index in [2.05, 4.69) is 37.8 Å². The molecule has 0 aliphatic heterocycles. The van der Waals surface area contributed by atoms with Crippen LogP contribution in [0.2, 0.25) is 0 Å². The van der Waals surface area contributed by atoms with Gasteiger partial charge in [0, 0.05) is 29.7 Å². The topological polar surface area (TPSA) is 52.6 Å². The Bertz CT molecular complexity index is 643. The summed E-state index contributed by atoms with van der Waals surface area (Å²) in [7, 11) is 0. The Hall–Kier alpha value is -1.21. The summed E-state index contributed by atoms with van der Waals surface area (Å²) in [5.74, 6) is 0.508. The minimum Gasteiger partial charge on any atom is -0.303 e. The fourth-order valence-corrected chi connectivity index (χ4v) is 4.24. The molecule has 0 saturated heterocycles. The molecule has 0 bridgehead atoms. The van der Waals surface area contributed by atoms with E-state index < -0.39 is 5.91 Å². The van der Waals surface area contributed by atoms with Crippen LogP contribution in [0.15, 0.2) is 29.2 Å². The molecule has 156 valence electrons. The fourth-order valence-electron chi connectivity index (χ4n) is 2.89. The second-order valence-corrected chi connectivity index (χ2v) is 8.44. The number of thiocarbonyl (C=S) groups is 1. The number of rotatable bonds is 14. The first-order chi connectivity index (χ1) is 13.5. The summed E-state index contributed by atoms with van der Waals surface area (Å²) in [5.41, 5.74) is 3.77. The van der Waals surface area contributed by atoms with Gasteiger partial charge in [-0.3, -0.25) is 10.0 Å². The molecule has 28 heavy (non-hydrogen) atoms. The van der Waals surface area contributed by atoms with E-state index >= 15 is 0 Å². The summed E-state index contributed by atoms with van der Waals surface area (Å²) in [6.45, 7) is 9.79. The molecule has 0 heterocycles. The molecule has 0 aromatic heterocycles. The van der Waals surface area contributed by atoms with E-state index in [1.165, 1.54) is 29.4 Å². The number of hydrogen-bond acceptors (Lipinski definition) is 5. The van der Waals surface area contributed by atoms with E-state index in [-0.39, 0.29) is 0 Å². The summed E-state index contributed by atoms with van der Waals surface area (Å²) < 4.78 is 0. The van der Waals surface area contributed by atoms with Gasteiger partial charge in [-0.2, -0.15) is 0 Å². The highest BCUT2D eigenvalue weighted by molar-refractivity contribution is 7.99. The Kier molecular flexibility index (Phi) is 13.1. The van der Waals surface area contributed by atoms with E-state index in [0.717, 1.165) is 55.1 Å². The van der Waals surface area contributed by atoms with Gasteiger partial charge in [-0.15, -0.1) is 11.8 Å². The summed E-state index contributed by atoms with van der Waals surface area (Å²) >= 11 is 7.51. The molecule has 0 fully saturated rings. The first kappa shape index (κ1) is 24.8. The van der Waals surface area contributed by atoms with Crippen molar-refractivity contribution in [2.24, 2.45) is 0 Å². The van der Waals surface area contributed by atoms with Gasteiger partial charge in [0.2, 0.25) is 0 Å². The number of unbranched alkanes of at least 4 members (excludes halogenated alkanes) is 2. The third kappa shape index (κ3) is 9.82. The summed E-state index contributed by atoms with van der Waals surface area (Å²) in [5, 5.41) is 8.64. The molecule has 1 aromatic rings. The highest BCUT2D eigenvalue weighted by Gasteiger charge is 2.09. The smallest absolute Gasteiger partial charge is 0.267 e. The predicted molar refractivity (Wildman–Crippen MR) is 124 cm³/mol. The number of hydrogen-bond donors (Lipinski definition) is 2. The SMILES string of the molecule is CCCCCC(=S)Cc1cc(/C=C/C(=O)NO)ccc1SCCN(CC)CC. The van der Waals surface area contributed by atoms with Crippen LogP contribution in [0.1, 0.15) is 57.6 Å². The molecule has 1 amide bonds. The Morgan fingerprint density at radius 3 is 2.64 bits per heavy atom. The average Bonchev–Trinajstić information content (AvgIpc) is 2.70. The zero-order chi connectivity index (χ0) is 20.8. The van der Waals surface area contributed by atoms with Crippen molar-refractivity contribution < 1.29 is 10.0 Å². The van der Waals surface area contributed by atoms with Gasteiger partial charge in [0.05, 0.1) is 0 Å². The second-order valence-electron chi connectivity index (χ2n) is 6.72. The lowest BCUT2D eigenvalue weighted by molar-refractivity contribution is -0.124. The van der Waals surface area contributed by atoms with Crippen molar-refractivity contribution >= 4 is 40.8 Å². The van der Waals surface area contributed by atoms with Crippen LogP contribution >= 0.6 is 24.0 Å². The van der Waals surface area contributed by atoms with Crippen LogP contribution in [0.4, 0.5) is 0 Å². The third-order valence-corrected chi connectivity index (χ3v) is 6.07. The van der Waals surface area contributed by atoms with Gasteiger partial charge in [-0.05, 0) is 54.1 Å². The average molecular weight is 423 g/mol. The Morgan fingerprint density at radius 1 is 1.25 bits per heavy atom. The van der Waals surface area contributed by atoms with Crippen molar-refractivity contribution in [1.82, 2.24) is 10.4 Å². The van der Waals surface area contributed by atoms with Crippen LogP contribution in [0.3, 0.4) is 0 Å². The van der Waals surface area contributed by atoms with Crippen molar-refractivity contribution in [2.45, 2.75) is 57.8 Å². The van der Waals surface area contributed by atoms with Crippen LogP contribution < -0.4 is 5.48 Å². The highest BCUT2D eigenvalue weighted by atomic mass is 32.2. The number of carbonyl (C=O) groups excluding carboxylic acids is 1.